The zero-order valence-corrected chi connectivity index (χ0v) is 10.3. The Balaban J connectivity index is 1.74. The molecular formula is C16H13NO2. The molecule has 19 heavy (non-hydrogen) atoms. The smallest absolute Gasteiger partial charge is 0.124 e. The Labute approximate surface area is 111 Å². The Kier molecular flexibility index (Phi) is 3.28. The largest absolute Gasteiger partial charge is 0.489 e. The summed E-state index contributed by atoms with van der Waals surface area (Å²) in [5, 5.41) is 3.92. The van der Waals surface area contributed by atoms with Crippen molar-refractivity contribution in [2.45, 2.75) is 6.61 Å². The number of hydrogen-bond acceptors (Lipinski definition) is 3. The molecule has 94 valence electrons. The molecule has 1 aromatic heterocycles. The van der Waals surface area contributed by atoms with E-state index >= 15 is 0 Å². The Morgan fingerprint density at radius 2 is 1.84 bits per heavy atom. The number of nitrogens with zero attached hydrogens (tertiary/aromatic N) is 1. The summed E-state index contributed by atoms with van der Waals surface area (Å²) in [5.74, 6) is 0.823. The molecule has 0 atom stereocenters. The van der Waals surface area contributed by atoms with Crippen LogP contribution < -0.4 is 4.74 Å². The predicted molar refractivity (Wildman–Crippen MR) is 72.7 cm³/mol. The molecule has 1 heterocycles. The van der Waals surface area contributed by atoms with Crippen molar-refractivity contribution in [1.29, 1.82) is 0 Å². The third kappa shape index (κ3) is 2.83. The van der Waals surface area contributed by atoms with E-state index in [1.165, 1.54) is 0 Å². The lowest BCUT2D eigenvalue weighted by molar-refractivity contribution is 0.306. The monoisotopic (exact) mass is 251 g/mol. The van der Waals surface area contributed by atoms with Crippen LogP contribution in [0.4, 0.5) is 0 Å². The first-order valence-electron chi connectivity index (χ1n) is 6.09. The number of ether oxygens (including phenoxy) is 1. The summed E-state index contributed by atoms with van der Waals surface area (Å²) in [7, 11) is 0. The molecule has 0 saturated carbocycles. The molecule has 0 aliphatic carbocycles. The summed E-state index contributed by atoms with van der Waals surface area (Å²) in [6.45, 7) is 0.559. The summed E-state index contributed by atoms with van der Waals surface area (Å²) in [6.07, 6.45) is 1.56. The van der Waals surface area contributed by atoms with Crippen LogP contribution in [0.25, 0.3) is 11.3 Å². The molecule has 0 spiro atoms. The van der Waals surface area contributed by atoms with Gasteiger partial charge in [-0.1, -0.05) is 47.6 Å². The van der Waals surface area contributed by atoms with Crippen molar-refractivity contribution < 1.29 is 9.26 Å². The molecule has 3 heteroatoms. The minimum absolute atomic E-state index is 0.559. The molecule has 0 saturated heterocycles. The van der Waals surface area contributed by atoms with Crippen LogP contribution in [0.3, 0.4) is 0 Å². The molecule has 0 amide bonds. The van der Waals surface area contributed by atoms with Crippen LogP contribution in [0, 0.1) is 0 Å². The van der Waals surface area contributed by atoms with E-state index in [9.17, 15) is 0 Å². The van der Waals surface area contributed by atoms with Gasteiger partial charge in [-0.15, -0.1) is 0 Å². The average molecular weight is 251 g/mol. The normalized spacial score (nSPS) is 10.3. The Hall–Kier alpha value is -2.55. The summed E-state index contributed by atoms with van der Waals surface area (Å²) in [6, 6.07) is 19.7. The average Bonchev–Trinajstić information content (AvgIpc) is 3.01. The molecule has 2 aromatic carbocycles. The summed E-state index contributed by atoms with van der Waals surface area (Å²) >= 11 is 0. The third-order valence-electron chi connectivity index (χ3n) is 2.82. The molecule has 3 rings (SSSR count). The molecule has 0 N–H and O–H groups in total. The SMILES string of the molecule is c1ccc(COc2cccc(-c3ccon3)c2)cc1. The highest BCUT2D eigenvalue weighted by atomic mass is 16.5. The zero-order valence-electron chi connectivity index (χ0n) is 10.3. The van der Waals surface area contributed by atoms with E-state index in [2.05, 4.69) is 5.16 Å². The maximum absolute atomic E-state index is 5.77. The second kappa shape index (κ2) is 5.40. The standard InChI is InChI=1S/C16H13NO2/c1-2-5-13(6-3-1)12-18-15-8-4-7-14(11-15)16-9-10-19-17-16/h1-11H,12H2. The van der Waals surface area contributed by atoms with Crippen molar-refractivity contribution in [2.24, 2.45) is 0 Å². The van der Waals surface area contributed by atoms with Gasteiger partial charge in [0.1, 0.15) is 24.3 Å². The van der Waals surface area contributed by atoms with Gasteiger partial charge >= 0.3 is 0 Å². The second-order valence-corrected chi connectivity index (χ2v) is 4.19. The van der Waals surface area contributed by atoms with E-state index < -0.39 is 0 Å². The van der Waals surface area contributed by atoms with E-state index in [1.54, 1.807) is 6.26 Å². The Morgan fingerprint density at radius 1 is 0.947 bits per heavy atom. The number of hydrogen-bond donors (Lipinski definition) is 0. The van der Waals surface area contributed by atoms with Crippen molar-refractivity contribution in [3.63, 3.8) is 0 Å². The first-order valence-corrected chi connectivity index (χ1v) is 6.09. The molecule has 3 aromatic rings. The number of benzene rings is 2. The fraction of sp³-hybridized carbons (Fsp3) is 0.0625. The van der Waals surface area contributed by atoms with Crippen LogP contribution in [0.2, 0.25) is 0 Å². The van der Waals surface area contributed by atoms with Crippen LogP contribution in [-0.2, 0) is 6.61 Å². The van der Waals surface area contributed by atoms with Crippen molar-refractivity contribution in [3.05, 3.63) is 72.5 Å². The first kappa shape index (κ1) is 11.5. The van der Waals surface area contributed by atoms with Crippen molar-refractivity contribution >= 4 is 0 Å². The van der Waals surface area contributed by atoms with Gasteiger partial charge in [-0.05, 0) is 17.7 Å². The summed E-state index contributed by atoms with van der Waals surface area (Å²) < 4.78 is 10.6. The van der Waals surface area contributed by atoms with Gasteiger partial charge in [0.05, 0.1) is 0 Å². The van der Waals surface area contributed by atoms with Crippen LogP contribution in [0.15, 0.2) is 71.4 Å². The molecule has 3 nitrogen and oxygen atoms in total. The highest BCUT2D eigenvalue weighted by Gasteiger charge is 2.03. The van der Waals surface area contributed by atoms with Crippen molar-refractivity contribution in [2.75, 3.05) is 0 Å². The molecule has 0 bridgehead atoms. The van der Waals surface area contributed by atoms with Gasteiger partial charge in [0.25, 0.3) is 0 Å². The molecule has 0 aliphatic rings. The van der Waals surface area contributed by atoms with Crippen LogP contribution in [0.1, 0.15) is 5.56 Å². The van der Waals surface area contributed by atoms with E-state index in [0.29, 0.717) is 6.61 Å². The summed E-state index contributed by atoms with van der Waals surface area (Å²) in [4.78, 5) is 0. The lowest BCUT2D eigenvalue weighted by Crippen LogP contribution is -1.94. The minimum atomic E-state index is 0.559. The highest BCUT2D eigenvalue weighted by Crippen LogP contribution is 2.22. The third-order valence-corrected chi connectivity index (χ3v) is 2.82. The molecule has 0 unspecified atom stereocenters. The lowest BCUT2D eigenvalue weighted by atomic mass is 10.1. The topological polar surface area (TPSA) is 35.3 Å². The van der Waals surface area contributed by atoms with Crippen molar-refractivity contribution in [1.82, 2.24) is 5.16 Å². The first-order chi connectivity index (χ1) is 9.42. The van der Waals surface area contributed by atoms with Gasteiger partial charge in [-0.2, -0.15) is 0 Å². The van der Waals surface area contributed by atoms with Gasteiger partial charge in [-0.25, -0.2) is 0 Å². The van der Waals surface area contributed by atoms with E-state index in [0.717, 1.165) is 22.6 Å². The van der Waals surface area contributed by atoms with E-state index in [1.807, 2.05) is 60.7 Å². The summed E-state index contributed by atoms with van der Waals surface area (Å²) in [5.41, 5.74) is 2.94. The van der Waals surface area contributed by atoms with Gasteiger partial charge in [-0.3, -0.25) is 0 Å². The fourth-order valence-corrected chi connectivity index (χ4v) is 1.85. The number of aromatic nitrogens is 1. The zero-order chi connectivity index (χ0) is 12.9. The Morgan fingerprint density at radius 3 is 2.63 bits per heavy atom. The van der Waals surface area contributed by atoms with Gasteiger partial charge in [0.2, 0.25) is 0 Å². The van der Waals surface area contributed by atoms with Crippen LogP contribution >= 0.6 is 0 Å². The van der Waals surface area contributed by atoms with Gasteiger partial charge in [0.15, 0.2) is 0 Å². The molecule has 0 fully saturated rings. The maximum Gasteiger partial charge on any atom is 0.124 e. The molecule has 0 radical (unpaired) electrons. The second-order valence-electron chi connectivity index (χ2n) is 4.19. The quantitative estimate of drug-likeness (QED) is 0.705. The van der Waals surface area contributed by atoms with E-state index in [4.69, 9.17) is 9.26 Å². The molecule has 0 aliphatic heterocycles. The minimum Gasteiger partial charge on any atom is -0.489 e. The fourth-order valence-electron chi connectivity index (χ4n) is 1.85. The highest BCUT2D eigenvalue weighted by molar-refractivity contribution is 5.60. The van der Waals surface area contributed by atoms with E-state index in [-0.39, 0.29) is 0 Å². The lowest BCUT2D eigenvalue weighted by Gasteiger charge is -2.07. The van der Waals surface area contributed by atoms with Gasteiger partial charge in [0, 0.05) is 11.6 Å². The van der Waals surface area contributed by atoms with Crippen LogP contribution in [-0.4, -0.2) is 5.16 Å². The number of rotatable bonds is 4. The van der Waals surface area contributed by atoms with Crippen molar-refractivity contribution in [3.8, 4) is 17.0 Å². The predicted octanol–water partition coefficient (Wildman–Crippen LogP) is 3.92. The van der Waals surface area contributed by atoms with Crippen LogP contribution in [0.5, 0.6) is 5.75 Å². The van der Waals surface area contributed by atoms with Gasteiger partial charge < -0.3 is 9.26 Å². The molecular weight excluding hydrogens is 238 g/mol. The Bertz CT molecular complexity index is 633. The maximum atomic E-state index is 5.77.